The number of nitrogens with one attached hydrogen (secondary N) is 2. The van der Waals surface area contributed by atoms with Crippen LogP contribution in [0.25, 0.3) is 5.52 Å². The van der Waals surface area contributed by atoms with E-state index in [1.54, 1.807) is 16.8 Å². The van der Waals surface area contributed by atoms with Crippen LogP contribution in [0.1, 0.15) is 29.0 Å². The Hall–Kier alpha value is -2.32. The van der Waals surface area contributed by atoms with Crippen molar-refractivity contribution in [3.8, 4) is 12.3 Å². The number of hydrogen-bond acceptors (Lipinski definition) is 3. The van der Waals surface area contributed by atoms with E-state index in [4.69, 9.17) is 6.42 Å². The minimum Gasteiger partial charge on any atom is -0.346 e. The summed E-state index contributed by atoms with van der Waals surface area (Å²) < 4.78 is 1.80. The average Bonchev–Trinajstić information content (AvgIpc) is 3.21. The number of hydrogen-bond donors (Lipinski definition) is 2. The molecular weight excluding hydrogens is 264 g/mol. The molecule has 1 aliphatic heterocycles. The molecule has 2 aromatic heterocycles. The summed E-state index contributed by atoms with van der Waals surface area (Å²) in [5.41, 5.74) is 2.06. The van der Waals surface area contributed by atoms with Gasteiger partial charge >= 0.3 is 0 Å². The molecule has 21 heavy (non-hydrogen) atoms. The molecule has 3 atom stereocenters. The molecule has 5 heteroatoms. The van der Waals surface area contributed by atoms with Gasteiger partial charge in [0.25, 0.3) is 5.91 Å². The van der Waals surface area contributed by atoms with Crippen molar-refractivity contribution in [1.82, 2.24) is 20.0 Å². The molecule has 2 aromatic rings. The van der Waals surface area contributed by atoms with Crippen LogP contribution in [-0.4, -0.2) is 33.9 Å². The van der Waals surface area contributed by atoms with E-state index >= 15 is 0 Å². The number of terminal acetylenes is 1. The first kappa shape index (κ1) is 12.4. The predicted octanol–water partition coefficient (Wildman–Crippen LogP) is 0.796. The van der Waals surface area contributed by atoms with Crippen LogP contribution in [0.2, 0.25) is 0 Å². The van der Waals surface area contributed by atoms with Gasteiger partial charge in [-0.25, -0.2) is 4.98 Å². The highest BCUT2D eigenvalue weighted by Crippen LogP contribution is 2.31. The molecule has 0 radical (unpaired) electrons. The lowest BCUT2D eigenvalue weighted by atomic mass is 10.1. The van der Waals surface area contributed by atoms with Gasteiger partial charge < -0.3 is 10.6 Å². The highest BCUT2D eigenvalue weighted by atomic mass is 16.2. The summed E-state index contributed by atoms with van der Waals surface area (Å²) in [6.45, 7) is 1.08. The third kappa shape index (κ3) is 1.99. The summed E-state index contributed by atoms with van der Waals surface area (Å²) in [6, 6.07) is 6.16. The van der Waals surface area contributed by atoms with E-state index in [0.717, 1.165) is 24.2 Å². The number of nitrogens with zero attached hydrogens (tertiary/aromatic N) is 2. The van der Waals surface area contributed by atoms with E-state index in [0.29, 0.717) is 17.7 Å². The second-order valence-electron chi connectivity index (χ2n) is 5.86. The standard InChI is InChI=1S/C16H16N4O/c1-2-11-3-4-12-7-15(18-9-20(11)12)16(21)19-14-6-10-5-13(14)17-8-10/h1,3-4,7,9-10,13-14,17H,5-6,8H2,(H,19,21). The van der Waals surface area contributed by atoms with Gasteiger partial charge in [-0.2, -0.15) is 0 Å². The molecule has 1 saturated heterocycles. The fraction of sp³-hybridized carbons (Fsp3) is 0.375. The number of amides is 1. The largest absolute Gasteiger partial charge is 0.346 e. The van der Waals surface area contributed by atoms with E-state index < -0.39 is 0 Å². The van der Waals surface area contributed by atoms with E-state index in [9.17, 15) is 4.79 Å². The van der Waals surface area contributed by atoms with Crippen molar-refractivity contribution in [3.63, 3.8) is 0 Å². The zero-order valence-electron chi connectivity index (χ0n) is 11.5. The molecule has 0 spiro atoms. The molecule has 1 saturated carbocycles. The van der Waals surface area contributed by atoms with Crippen LogP contribution in [0, 0.1) is 18.3 Å². The van der Waals surface area contributed by atoms with Crippen molar-refractivity contribution >= 4 is 11.4 Å². The van der Waals surface area contributed by atoms with Crippen molar-refractivity contribution in [2.75, 3.05) is 6.54 Å². The molecular formula is C16H16N4O. The fourth-order valence-electron chi connectivity index (χ4n) is 3.50. The molecule has 2 bridgehead atoms. The Morgan fingerprint density at radius 2 is 2.38 bits per heavy atom. The van der Waals surface area contributed by atoms with Gasteiger partial charge in [-0.15, -0.1) is 6.42 Å². The van der Waals surface area contributed by atoms with Crippen LogP contribution in [-0.2, 0) is 0 Å². The highest BCUT2D eigenvalue weighted by molar-refractivity contribution is 5.93. The smallest absolute Gasteiger partial charge is 0.270 e. The van der Waals surface area contributed by atoms with E-state index in [2.05, 4.69) is 21.5 Å². The first-order valence-corrected chi connectivity index (χ1v) is 7.22. The minimum absolute atomic E-state index is 0.111. The molecule has 2 aliphatic rings. The van der Waals surface area contributed by atoms with Crippen LogP contribution in [0.5, 0.6) is 0 Å². The SMILES string of the molecule is C#Cc1ccc2cc(C(=O)NC3CC4CNC3C4)ncn12. The molecule has 4 rings (SSSR count). The first-order valence-electron chi connectivity index (χ1n) is 7.22. The Balaban J connectivity index is 1.55. The summed E-state index contributed by atoms with van der Waals surface area (Å²) in [4.78, 5) is 16.6. The number of carbonyl (C=O) groups is 1. The van der Waals surface area contributed by atoms with Gasteiger partial charge in [-0.3, -0.25) is 9.20 Å². The maximum atomic E-state index is 12.3. The number of aromatic nitrogens is 2. The third-order valence-corrected chi connectivity index (χ3v) is 4.57. The number of fused-ring (bicyclic) bond motifs is 3. The van der Waals surface area contributed by atoms with Crippen molar-refractivity contribution in [1.29, 1.82) is 0 Å². The zero-order chi connectivity index (χ0) is 14.4. The van der Waals surface area contributed by atoms with Gasteiger partial charge in [0.2, 0.25) is 0 Å². The quantitative estimate of drug-likeness (QED) is 0.800. The van der Waals surface area contributed by atoms with E-state index in [1.807, 2.05) is 12.1 Å². The van der Waals surface area contributed by atoms with Crippen LogP contribution in [0.3, 0.4) is 0 Å². The Bertz CT molecular complexity index is 757. The molecule has 3 heterocycles. The Morgan fingerprint density at radius 3 is 3.10 bits per heavy atom. The summed E-state index contributed by atoms with van der Waals surface area (Å²) in [7, 11) is 0. The van der Waals surface area contributed by atoms with Gasteiger partial charge in [0, 0.05) is 12.1 Å². The van der Waals surface area contributed by atoms with Gasteiger partial charge in [-0.05, 0) is 43.5 Å². The summed E-state index contributed by atoms with van der Waals surface area (Å²) in [5.74, 6) is 3.19. The van der Waals surface area contributed by atoms with Crippen molar-refractivity contribution in [3.05, 3.63) is 35.9 Å². The summed E-state index contributed by atoms with van der Waals surface area (Å²) >= 11 is 0. The lowest BCUT2D eigenvalue weighted by Crippen LogP contribution is -2.48. The van der Waals surface area contributed by atoms with Crippen molar-refractivity contribution in [2.24, 2.45) is 5.92 Å². The maximum Gasteiger partial charge on any atom is 0.270 e. The van der Waals surface area contributed by atoms with Gasteiger partial charge in [0.05, 0.1) is 11.2 Å². The molecule has 1 aliphatic carbocycles. The lowest BCUT2D eigenvalue weighted by molar-refractivity contribution is 0.0923. The second-order valence-corrected chi connectivity index (χ2v) is 5.86. The molecule has 1 amide bonds. The van der Waals surface area contributed by atoms with Crippen LogP contribution >= 0.6 is 0 Å². The maximum absolute atomic E-state index is 12.3. The van der Waals surface area contributed by atoms with Crippen molar-refractivity contribution in [2.45, 2.75) is 24.9 Å². The van der Waals surface area contributed by atoms with Gasteiger partial charge in [0.1, 0.15) is 12.0 Å². The molecule has 5 nitrogen and oxygen atoms in total. The van der Waals surface area contributed by atoms with Crippen LogP contribution < -0.4 is 10.6 Å². The zero-order valence-corrected chi connectivity index (χ0v) is 11.5. The predicted molar refractivity (Wildman–Crippen MR) is 78.9 cm³/mol. The number of rotatable bonds is 2. The fourth-order valence-corrected chi connectivity index (χ4v) is 3.50. The Kier molecular flexibility index (Phi) is 2.72. The lowest BCUT2D eigenvalue weighted by Gasteiger charge is -2.23. The third-order valence-electron chi connectivity index (χ3n) is 4.57. The molecule has 2 N–H and O–H groups in total. The van der Waals surface area contributed by atoms with Crippen LogP contribution in [0.4, 0.5) is 0 Å². The van der Waals surface area contributed by atoms with Gasteiger partial charge in [0.15, 0.2) is 0 Å². The Morgan fingerprint density at radius 1 is 1.48 bits per heavy atom. The first-order chi connectivity index (χ1) is 10.2. The van der Waals surface area contributed by atoms with Gasteiger partial charge in [-0.1, -0.05) is 5.92 Å². The second kappa shape index (κ2) is 4.61. The number of carbonyl (C=O) groups excluding carboxylic acids is 1. The summed E-state index contributed by atoms with van der Waals surface area (Å²) in [6.07, 6.45) is 9.26. The molecule has 0 aromatic carbocycles. The van der Waals surface area contributed by atoms with E-state index in [1.165, 1.54) is 6.42 Å². The summed E-state index contributed by atoms with van der Waals surface area (Å²) in [5, 5.41) is 6.54. The Labute approximate surface area is 122 Å². The molecule has 3 unspecified atom stereocenters. The van der Waals surface area contributed by atoms with Crippen LogP contribution in [0.15, 0.2) is 24.5 Å². The normalized spacial score (nSPS) is 26.9. The van der Waals surface area contributed by atoms with E-state index in [-0.39, 0.29) is 11.9 Å². The highest BCUT2D eigenvalue weighted by Gasteiger charge is 2.40. The monoisotopic (exact) mass is 280 g/mol. The van der Waals surface area contributed by atoms with Crippen molar-refractivity contribution < 1.29 is 4.79 Å². The molecule has 106 valence electrons. The average molecular weight is 280 g/mol. The molecule has 2 fully saturated rings. The number of piperidine rings is 1. The minimum atomic E-state index is -0.111. The topological polar surface area (TPSA) is 58.4 Å².